The van der Waals surface area contributed by atoms with E-state index >= 15 is 0 Å². The van der Waals surface area contributed by atoms with Gasteiger partial charge in [-0.05, 0) is 30.1 Å². The largest absolute Gasteiger partial charge is 0.0651 e. The molecule has 0 aliphatic heterocycles. The first-order chi connectivity index (χ1) is 7.10. The molecule has 0 fully saturated rings. The normalized spacial score (nSPS) is 19.6. The van der Waals surface area contributed by atoms with Gasteiger partial charge < -0.3 is 0 Å². The molecular weight excluding hydrogens is 180 g/mol. The molecule has 0 nitrogen and oxygen atoms in total. The van der Waals surface area contributed by atoms with Gasteiger partial charge >= 0.3 is 0 Å². The maximum absolute atomic E-state index is 2.43. The molecule has 0 aliphatic rings. The van der Waals surface area contributed by atoms with E-state index in [1.165, 1.54) is 32.1 Å². The van der Waals surface area contributed by atoms with Crippen molar-refractivity contribution in [1.82, 2.24) is 0 Å². The number of hydrogen-bond donors (Lipinski definition) is 0. The second-order valence-electron chi connectivity index (χ2n) is 5.34. The monoisotopic (exact) mass is 212 g/mol. The van der Waals surface area contributed by atoms with Gasteiger partial charge in [0, 0.05) is 0 Å². The summed E-state index contributed by atoms with van der Waals surface area (Å²) < 4.78 is 0. The third kappa shape index (κ3) is 5.04. The van der Waals surface area contributed by atoms with Crippen molar-refractivity contribution in [2.24, 2.45) is 23.7 Å². The topological polar surface area (TPSA) is 0 Å². The summed E-state index contributed by atoms with van der Waals surface area (Å²) >= 11 is 0. The summed E-state index contributed by atoms with van der Waals surface area (Å²) in [4.78, 5) is 0. The Morgan fingerprint density at radius 2 is 0.933 bits per heavy atom. The van der Waals surface area contributed by atoms with Crippen molar-refractivity contribution in [3.63, 3.8) is 0 Å². The minimum Gasteiger partial charge on any atom is -0.0651 e. The lowest BCUT2D eigenvalue weighted by Gasteiger charge is -2.29. The lowest BCUT2D eigenvalue weighted by molar-refractivity contribution is 0.215. The van der Waals surface area contributed by atoms with Crippen molar-refractivity contribution in [1.29, 1.82) is 0 Å². The van der Waals surface area contributed by atoms with Gasteiger partial charge in [-0.15, -0.1) is 0 Å². The maximum Gasteiger partial charge on any atom is -0.0388 e. The summed E-state index contributed by atoms with van der Waals surface area (Å²) in [6, 6.07) is 0. The number of rotatable bonds is 8. The van der Waals surface area contributed by atoms with Crippen molar-refractivity contribution in [3.05, 3.63) is 0 Å². The zero-order valence-corrected chi connectivity index (χ0v) is 11.8. The van der Waals surface area contributed by atoms with Gasteiger partial charge in [0.25, 0.3) is 0 Å². The molecule has 0 saturated carbocycles. The maximum atomic E-state index is 2.43. The highest BCUT2D eigenvalue weighted by atomic mass is 14.3. The molecule has 4 unspecified atom stereocenters. The molecule has 4 atom stereocenters. The molecule has 0 radical (unpaired) electrons. The molecule has 92 valence electrons. The van der Waals surface area contributed by atoms with Gasteiger partial charge in [-0.25, -0.2) is 0 Å². The van der Waals surface area contributed by atoms with E-state index in [1.54, 1.807) is 0 Å². The average molecular weight is 212 g/mol. The molecule has 0 saturated heterocycles. The van der Waals surface area contributed by atoms with Crippen molar-refractivity contribution < 1.29 is 0 Å². The Hall–Kier alpha value is 0. The van der Waals surface area contributed by atoms with E-state index in [1.807, 2.05) is 0 Å². The summed E-state index contributed by atoms with van der Waals surface area (Å²) in [5, 5.41) is 0. The van der Waals surface area contributed by atoms with Crippen LogP contribution in [0.3, 0.4) is 0 Å². The van der Waals surface area contributed by atoms with Crippen LogP contribution in [0.2, 0.25) is 0 Å². The first-order valence-electron chi connectivity index (χ1n) is 7.10. The molecule has 0 spiro atoms. The summed E-state index contributed by atoms with van der Waals surface area (Å²) in [5.74, 6) is 3.73. The molecule has 0 aliphatic carbocycles. The average Bonchev–Trinajstić information content (AvgIpc) is 2.28. The highest BCUT2D eigenvalue weighted by molar-refractivity contribution is 4.72. The van der Waals surface area contributed by atoms with Crippen LogP contribution in [0.5, 0.6) is 0 Å². The van der Waals surface area contributed by atoms with Crippen LogP contribution in [-0.4, -0.2) is 0 Å². The van der Waals surface area contributed by atoms with E-state index in [2.05, 4.69) is 41.5 Å². The fourth-order valence-corrected chi connectivity index (χ4v) is 2.66. The quantitative estimate of drug-likeness (QED) is 0.497. The molecule has 15 heavy (non-hydrogen) atoms. The number of hydrogen-bond acceptors (Lipinski definition) is 0. The Morgan fingerprint density at radius 1 is 0.600 bits per heavy atom. The van der Waals surface area contributed by atoms with Crippen LogP contribution in [0.15, 0.2) is 0 Å². The van der Waals surface area contributed by atoms with Crippen LogP contribution in [0, 0.1) is 23.7 Å². The van der Waals surface area contributed by atoms with Crippen LogP contribution < -0.4 is 0 Å². The van der Waals surface area contributed by atoms with Crippen LogP contribution in [0.1, 0.15) is 73.6 Å². The van der Waals surface area contributed by atoms with Crippen LogP contribution in [0.25, 0.3) is 0 Å². The Labute approximate surface area is 97.8 Å². The van der Waals surface area contributed by atoms with E-state index in [9.17, 15) is 0 Å². The van der Waals surface area contributed by atoms with Gasteiger partial charge in [0.2, 0.25) is 0 Å². The van der Waals surface area contributed by atoms with Crippen molar-refractivity contribution in [2.45, 2.75) is 73.6 Å². The molecule has 0 N–H and O–H groups in total. The molecule has 0 aromatic heterocycles. The van der Waals surface area contributed by atoms with Crippen molar-refractivity contribution in [2.75, 3.05) is 0 Å². The predicted octanol–water partition coefficient (Wildman–Crippen LogP) is 5.52. The Kier molecular flexibility index (Phi) is 8.19. The molecule has 0 rings (SSSR count). The van der Waals surface area contributed by atoms with Gasteiger partial charge in [0.05, 0.1) is 0 Å². The highest BCUT2D eigenvalue weighted by Crippen LogP contribution is 2.32. The Balaban J connectivity index is 4.23. The van der Waals surface area contributed by atoms with Crippen molar-refractivity contribution >= 4 is 0 Å². The standard InChI is InChI=1S/C15H32/c1-7-12(5)14(9-3)11-15(10-4)13(6)8-2/h12-15H,7-11H2,1-6H3. The van der Waals surface area contributed by atoms with Crippen LogP contribution in [0.4, 0.5) is 0 Å². The van der Waals surface area contributed by atoms with E-state index in [-0.39, 0.29) is 0 Å². The Bertz CT molecular complexity index is 123. The fraction of sp³-hybridized carbons (Fsp3) is 1.00. The molecule has 0 amide bonds. The van der Waals surface area contributed by atoms with E-state index in [0.717, 1.165) is 23.7 Å². The van der Waals surface area contributed by atoms with Gasteiger partial charge in [0.1, 0.15) is 0 Å². The second kappa shape index (κ2) is 8.19. The third-order valence-corrected chi connectivity index (χ3v) is 4.55. The van der Waals surface area contributed by atoms with Gasteiger partial charge in [0.15, 0.2) is 0 Å². The molecule has 0 aromatic carbocycles. The van der Waals surface area contributed by atoms with Crippen LogP contribution >= 0.6 is 0 Å². The SMILES string of the molecule is CCC(C)C(CC)CC(CC)C(C)CC. The minimum absolute atomic E-state index is 0.910. The van der Waals surface area contributed by atoms with Crippen LogP contribution in [-0.2, 0) is 0 Å². The Morgan fingerprint density at radius 3 is 1.13 bits per heavy atom. The summed E-state index contributed by atoms with van der Waals surface area (Å²) in [7, 11) is 0. The first-order valence-corrected chi connectivity index (χ1v) is 7.10. The summed E-state index contributed by atoms with van der Waals surface area (Å²) in [6.07, 6.45) is 6.87. The van der Waals surface area contributed by atoms with E-state index in [4.69, 9.17) is 0 Å². The highest BCUT2D eigenvalue weighted by Gasteiger charge is 2.21. The molecule has 0 heterocycles. The second-order valence-corrected chi connectivity index (χ2v) is 5.34. The molecular formula is C15H32. The minimum atomic E-state index is 0.910. The zero-order valence-electron chi connectivity index (χ0n) is 11.8. The summed E-state index contributed by atoms with van der Waals surface area (Å²) in [5.41, 5.74) is 0. The lowest BCUT2D eigenvalue weighted by atomic mass is 9.77. The lowest BCUT2D eigenvalue weighted by Crippen LogP contribution is -2.19. The van der Waals surface area contributed by atoms with Gasteiger partial charge in [-0.3, -0.25) is 0 Å². The first kappa shape index (κ1) is 15.0. The fourth-order valence-electron chi connectivity index (χ4n) is 2.66. The molecule has 0 heteroatoms. The van der Waals surface area contributed by atoms with Gasteiger partial charge in [-0.1, -0.05) is 67.2 Å². The predicted molar refractivity (Wildman–Crippen MR) is 71.1 cm³/mol. The smallest absolute Gasteiger partial charge is 0.0388 e. The summed E-state index contributed by atoms with van der Waals surface area (Å²) in [6.45, 7) is 14.2. The third-order valence-electron chi connectivity index (χ3n) is 4.55. The molecule has 0 bridgehead atoms. The molecule has 0 aromatic rings. The van der Waals surface area contributed by atoms with Crippen molar-refractivity contribution in [3.8, 4) is 0 Å². The van der Waals surface area contributed by atoms with Gasteiger partial charge in [-0.2, -0.15) is 0 Å². The zero-order chi connectivity index (χ0) is 11.8. The van der Waals surface area contributed by atoms with E-state index < -0.39 is 0 Å². The van der Waals surface area contributed by atoms with E-state index in [0.29, 0.717) is 0 Å².